The molecule has 1 N–H and O–H groups in total. The van der Waals surface area contributed by atoms with Gasteiger partial charge in [0.15, 0.2) is 0 Å². The molecule has 0 spiro atoms. The van der Waals surface area contributed by atoms with Crippen molar-refractivity contribution in [3.63, 3.8) is 0 Å². The summed E-state index contributed by atoms with van der Waals surface area (Å²) in [6.07, 6.45) is 5.68. The highest BCUT2D eigenvalue weighted by atomic mass is 16.5. The number of nitrogens with one attached hydrogen (secondary N) is 1. The normalized spacial score (nSPS) is 10.3. The summed E-state index contributed by atoms with van der Waals surface area (Å²) in [5.41, 5.74) is 1.08. The Morgan fingerprint density at radius 2 is 2.00 bits per heavy atom. The predicted molar refractivity (Wildman–Crippen MR) is 61.0 cm³/mol. The maximum absolute atomic E-state index is 5.36. The van der Waals surface area contributed by atoms with E-state index >= 15 is 0 Å². The molecule has 4 heteroatoms. The second-order valence-corrected chi connectivity index (χ2v) is 3.48. The largest absolute Gasteiger partial charge is 0.381 e. The molecule has 1 heterocycles. The lowest BCUT2D eigenvalue weighted by Gasteiger charge is -2.04. The second-order valence-electron chi connectivity index (χ2n) is 3.48. The van der Waals surface area contributed by atoms with Crippen molar-refractivity contribution in [2.45, 2.75) is 26.7 Å². The number of rotatable bonds is 7. The number of nitrogens with zero attached hydrogens (tertiary/aromatic N) is 2. The van der Waals surface area contributed by atoms with Crippen LogP contribution in [0.25, 0.3) is 0 Å². The van der Waals surface area contributed by atoms with E-state index in [-0.39, 0.29) is 0 Å². The Hall–Kier alpha value is -1.16. The van der Waals surface area contributed by atoms with E-state index < -0.39 is 0 Å². The van der Waals surface area contributed by atoms with E-state index in [1.807, 2.05) is 19.3 Å². The van der Waals surface area contributed by atoms with Crippen LogP contribution in [0.5, 0.6) is 0 Å². The molecule has 4 nitrogen and oxygen atoms in total. The van der Waals surface area contributed by atoms with Crippen molar-refractivity contribution in [2.75, 3.05) is 25.1 Å². The fourth-order valence-electron chi connectivity index (χ4n) is 1.10. The summed E-state index contributed by atoms with van der Waals surface area (Å²) in [6.45, 7) is 6.58. The molecule has 84 valence electrons. The van der Waals surface area contributed by atoms with Crippen LogP contribution < -0.4 is 5.32 Å². The molecule has 0 fully saturated rings. The standard InChI is InChI=1S/C11H19N3O/c1-3-6-15-7-4-5-12-11-13-8-10(2)9-14-11/h8-9H,3-7H2,1-2H3,(H,12,13,14). The first-order valence-electron chi connectivity index (χ1n) is 5.43. The van der Waals surface area contributed by atoms with Gasteiger partial charge in [0, 0.05) is 32.2 Å². The highest BCUT2D eigenvalue weighted by Crippen LogP contribution is 1.98. The van der Waals surface area contributed by atoms with Crippen LogP contribution in [0.15, 0.2) is 12.4 Å². The Bertz CT molecular complexity index is 261. The van der Waals surface area contributed by atoms with E-state index in [0.717, 1.165) is 38.2 Å². The quantitative estimate of drug-likeness (QED) is 0.698. The van der Waals surface area contributed by atoms with E-state index in [1.165, 1.54) is 0 Å². The number of anilines is 1. The summed E-state index contributed by atoms with van der Waals surface area (Å²) in [5, 5.41) is 3.15. The predicted octanol–water partition coefficient (Wildman–Crippen LogP) is 2.01. The fraction of sp³-hybridized carbons (Fsp3) is 0.636. The Balaban J connectivity index is 2.07. The summed E-state index contributed by atoms with van der Waals surface area (Å²) in [5.74, 6) is 0.691. The first kappa shape index (κ1) is 11.9. The van der Waals surface area contributed by atoms with Crippen LogP contribution in [-0.2, 0) is 4.74 Å². The van der Waals surface area contributed by atoms with Gasteiger partial charge in [-0.3, -0.25) is 0 Å². The van der Waals surface area contributed by atoms with Crippen molar-refractivity contribution in [3.05, 3.63) is 18.0 Å². The van der Waals surface area contributed by atoms with Crippen molar-refractivity contribution < 1.29 is 4.74 Å². The molecule has 0 amide bonds. The first-order valence-corrected chi connectivity index (χ1v) is 5.43. The van der Waals surface area contributed by atoms with Crippen LogP contribution in [0, 0.1) is 6.92 Å². The maximum Gasteiger partial charge on any atom is 0.222 e. The van der Waals surface area contributed by atoms with Gasteiger partial charge in [-0.05, 0) is 25.3 Å². The zero-order valence-corrected chi connectivity index (χ0v) is 9.49. The molecule has 0 atom stereocenters. The molecule has 15 heavy (non-hydrogen) atoms. The third kappa shape index (κ3) is 5.32. The lowest BCUT2D eigenvalue weighted by Crippen LogP contribution is -2.08. The minimum Gasteiger partial charge on any atom is -0.381 e. The molecule has 1 aromatic heterocycles. The molecular formula is C11H19N3O. The second kappa shape index (κ2) is 7.17. The van der Waals surface area contributed by atoms with Crippen LogP contribution in [0.1, 0.15) is 25.3 Å². The smallest absolute Gasteiger partial charge is 0.222 e. The average molecular weight is 209 g/mol. The SMILES string of the molecule is CCCOCCCNc1ncc(C)cn1. The van der Waals surface area contributed by atoms with Crippen LogP contribution in [0.3, 0.4) is 0 Å². The molecule has 0 aliphatic heterocycles. The number of aromatic nitrogens is 2. The Morgan fingerprint density at radius 3 is 2.67 bits per heavy atom. The summed E-state index contributed by atoms with van der Waals surface area (Å²) >= 11 is 0. The van der Waals surface area contributed by atoms with Gasteiger partial charge in [-0.2, -0.15) is 0 Å². The van der Waals surface area contributed by atoms with Crippen LogP contribution in [0.2, 0.25) is 0 Å². The van der Waals surface area contributed by atoms with E-state index in [1.54, 1.807) is 0 Å². The summed E-state index contributed by atoms with van der Waals surface area (Å²) in [6, 6.07) is 0. The molecule has 0 saturated carbocycles. The molecule has 0 aliphatic rings. The summed E-state index contributed by atoms with van der Waals surface area (Å²) in [4.78, 5) is 8.30. The Kier molecular flexibility index (Phi) is 5.70. The zero-order chi connectivity index (χ0) is 10.9. The third-order valence-electron chi connectivity index (χ3n) is 1.88. The minimum atomic E-state index is 0.691. The van der Waals surface area contributed by atoms with Gasteiger partial charge < -0.3 is 10.1 Å². The molecule has 0 radical (unpaired) electrons. The van der Waals surface area contributed by atoms with Crippen molar-refractivity contribution in [1.29, 1.82) is 0 Å². The third-order valence-corrected chi connectivity index (χ3v) is 1.88. The topological polar surface area (TPSA) is 47.0 Å². The van der Waals surface area contributed by atoms with Crippen LogP contribution in [-0.4, -0.2) is 29.7 Å². The number of ether oxygens (including phenoxy) is 1. The fourth-order valence-corrected chi connectivity index (χ4v) is 1.10. The van der Waals surface area contributed by atoms with Gasteiger partial charge in [0.05, 0.1) is 0 Å². The molecule has 1 rings (SSSR count). The molecule has 0 bridgehead atoms. The molecule has 0 aliphatic carbocycles. The lowest BCUT2D eigenvalue weighted by molar-refractivity contribution is 0.134. The molecule has 0 aromatic carbocycles. The Morgan fingerprint density at radius 1 is 1.27 bits per heavy atom. The van der Waals surface area contributed by atoms with Crippen LogP contribution >= 0.6 is 0 Å². The maximum atomic E-state index is 5.36. The number of hydrogen-bond donors (Lipinski definition) is 1. The van der Waals surface area contributed by atoms with E-state index in [2.05, 4.69) is 22.2 Å². The van der Waals surface area contributed by atoms with Gasteiger partial charge >= 0.3 is 0 Å². The van der Waals surface area contributed by atoms with Crippen molar-refractivity contribution in [1.82, 2.24) is 9.97 Å². The lowest BCUT2D eigenvalue weighted by atomic mass is 10.4. The molecule has 0 unspecified atom stereocenters. The highest BCUT2D eigenvalue weighted by Gasteiger charge is 1.93. The van der Waals surface area contributed by atoms with Crippen molar-refractivity contribution in [2.24, 2.45) is 0 Å². The van der Waals surface area contributed by atoms with Gasteiger partial charge in [-0.1, -0.05) is 6.92 Å². The molecular weight excluding hydrogens is 190 g/mol. The monoisotopic (exact) mass is 209 g/mol. The minimum absolute atomic E-state index is 0.691. The van der Waals surface area contributed by atoms with E-state index in [4.69, 9.17) is 4.74 Å². The Labute approximate surface area is 91.1 Å². The van der Waals surface area contributed by atoms with Crippen molar-refractivity contribution in [3.8, 4) is 0 Å². The van der Waals surface area contributed by atoms with Gasteiger partial charge in [-0.25, -0.2) is 9.97 Å². The summed E-state index contributed by atoms with van der Waals surface area (Å²) < 4.78 is 5.36. The van der Waals surface area contributed by atoms with E-state index in [0.29, 0.717) is 5.95 Å². The highest BCUT2D eigenvalue weighted by molar-refractivity contribution is 5.23. The van der Waals surface area contributed by atoms with Gasteiger partial charge in [0.25, 0.3) is 0 Å². The van der Waals surface area contributed by atoms with Gasteiger partial charge in [-0.15, -0.1) is 0 Å². The molecule has 0 saturated heterocycles. The van der Waals surface area contributed by atoms with E-state index in [9.17, 15) is 0 Å². The molecule has 1 aromatic rings. The zero-order valence-electron chi connectivity index (χ0n) is 9.49. The number of hydrogen-bond acceptors (Lipinski definition) is 4. The van der Waals surface area contributed by atoms with Crippen molar-refractivity contribution >= 4 is 5.95 Å². The van der Waals surface area contributed by atoms with Crippen LogP contribution in [0.4, 0.5) is 5.95 Å². The van der Waals surface area contributed by atoms with Gasteiger partial charge in [0.1, 0.15) is 0 Å². The number of aryl methyl sites for hydroxylation is 1. The summed E-state index contributed by atoms with van der Waals surface area (Å²) in [7, 11) is 0. The van der Waals surface area contributed by atoms with Gasteiger partial charge in [0.2, 0.25) is 5.95 Å². The average Bonchev–Trinajstić information content (AvgIpc) is 2.26. The first-order chi connectivity index (χ1) is 7.33.